The first-order chi connectivity index (χ1) is 8.35. The summed E-state index contributed by atoms with van der Waals surface area (Å²) >= 11 is 5.65. The Balaban J connectivity index is 2.92. The molecule has 0 fully saturated rings. The largest absolute Gasteiger partial charge is 0.408 e. The third-order valence-corrected chi connectivity index (χ3v) is 2.26. The molecule has 8 heteroatoms. The lowest BCUT2D eigenvalue weighted by Crippen LogP contribution is -2.30. The number of hydrogen-bond donors (Lipinski definition) is 1. The summed E-state index contributed by atoms with van der Waals surface area (Å²) in [4.78, 5) is 11.5. The Labute approximate surface area is 106 Å². The van der Waals surface area contributed by atoms with E-state index in [0.29, 0.717) is 13.0 Å². The van der Waals surface area contributed by atoms with Gasteiger partial charge in [-0.1, -0.05) is 11.6 Å². The van der Waals surface area contributed by atoms with E-state index in [4.69, 9.17) is 18.0 Å². The van der Waals surface area contributed by atoms with Gasteiger partial charge in [-0.15, -0.1) is 12.3 Å². The van der Waals surface area contributed by atoms with Crippen molar-refractivity contribution in [1.82, 2.24) is 9.78 Å². The predicted molar refractivity (Wildman–Crippen MR) is 61.5 cm³/mol. The molecule has 0 saturated carbocycles. The molecule has 0 saturated heterocycles. The maximum Gasteiger partial charge on any atom is 0.408 e. The molecule has 4 nitrogen and oxygen atoms in total. The van der Waals surface area contributed by atoms with Gasteiger partial charge in [0.2, 0.25) is 0 Å². The standard InChI is InChI=1S/C10H9ClF3N3O/c1-2-3-4-15-7-5-16-17(6-10(12,13)14)9(18)8(7)11/h1,5,15H,3-4,6H2. The van der Waals surface area contributed by atoms with E-state index in [0.717, 1.165) is 6.20 Å². The first-order valence-electron chi connectivity index (χ1n) is 4.85. The highest BCUT2D eigenvalue weighted by Crippen LogP contribution is 2.18. The van der Waals surface area contributed by atoms with Crippen LogP contribution in [0.1, 0.15) is 6.42 Å². The molecular formula is C10H9ClF3N3O. The number of nitrogens with zero attached hydrogens (tertiary/aromatic N) is 2. The average molecular weight is 280 g/mol. The molecule has 1 aromatic rings. The SMILES string of the molecule is C#CCCNc1cnn(CC(F)(F)F)c(=O)c1Cl. The Kier molecular flexibility index (Phi) is 4.62. The molecule has 0 aliphatic carbocycles. The van der Waals surface area contributed by atoms with E-state index in [9.17, 15) is 18.0 Å². The molecular weight excluding hydrogens is 271 g/mol. The van der Waals surface area contributed by atoms with Gasteiger partial charge in [0.1, 0.15) is 11.6 Å². The molecule has 0 amide bonds. The minimum atomic E-state index is -4.53. The van der Waals surface area contributed by atoms with Crippen LogP contribution in [-0.2, 0) is 6.54 Å². The molecule has 1 rings (SSSR count). The molecule has 0 aliphatic rings. The molecule has 0 aromatic carbocycles. The number of halogens is 4. The van der Waals surface area contributed by atoms with Gasteiger partial charge >= 0.3 is 6.18 Å². The maximum atomic E-state index is 12.1. The van der Waals surface area contributed by atoms with Crippen molar-refractivity contribution < 1.29 is 13.2 Å². The Morgan fingerprint density at radius 1 is 1.56 bits per heavy atom. The van der Waals surface area contributed by atoms with Gasteiger partial charge in [-0.3, -0.25) is 4.79 Å². The molecule has 0 spiro atoms. The number of terminal acetylenes is 1. The van der Waals surface area contributed by atoms with E-state index in [1.807, 2.05) is 0 Å². The molecule has 0 unspecified atom stereocenters. The van der Waals surface area contributed by atoms with Gasteiger partial charge in [0.05, 0.1) is 11.9 Å². The Morgan fingerprint density at radius 3 is 2.78 bits per heavy atom. The van der Waals surface area contributed by atoms with Crippen molar-refractivity contribution >= 4 is 17.3 Å². The van der Waals surface area contributed by atoms with E-state index >= 15 is 0 Å². The predicted octanol–water partition coefficient (Wildman–Crippen LogP) is 1.89. The molecule has 0 aliphatic heterocycles. The van der Waals surface area contributed by atoms with Crippen LogP contribution in [0.25, 0.3) is 0 Å². The quantitative estimate of drug-likeness (QED) is 0.676. The van der Waals surface area contributed by atoms with Gasteiger partial charge in [-0.2, -0.15) is 18.3 Å². The van der Waals surface area contributed by atoms with Crippen LogP contribution >= 0.6 is 11.6 Å². The fourth-order valence-electron chi connectivity index (χ4n) is 1.14. The molecule has 0 radical (unpaired) electrons. The van der Waals surface area contributed by atoms with Crippen molar-refractivity contribution in [1.29, 1.82) is 0 Å². The zero-order chi connectivity index (χ0) is 13.8. The summed E-state index contributed by atoms with van der Waals surface area (Å²) in [5, 5.41) is 5.76. The topological polar surface area (TPSA) is 46.9 Å². The third-order valence-electron chi connectivity index (χ3n) is 1.90. The molecule has 0 atom stereocenters. The zero-order valence-corrected chi connectivity index (χ0v) is 9.85. The zero-order valence-electron chi connectivity index (χ0n) is 9.09. The summed E-state index contributed by atoms with van der Waals surface area (Å²) < 4.78 is 36.6. The van der Waals surface area contributed by atoms with E-state index in [1.54, 1.807) is 0 Å². The number of anilines is 1. The fraction of sp³-hybridized carbons (Fsp3) is 0.400. The van der Waals surface area contributed by atoms with Gasteiger partial charge in [-0.25, -0.2) is 4.68 Å². The normalized spacial score (nSPS) is 11.1. The first-order valence-corrected chi connectivity index (χ1v) is 5.22. The highest BCUT2D eigenvalue weighted by molar-refractivity contribution is 6.32. The molecule has 1 aromatic heterocycles. The summed E-state index contributed by atoms with van der Waals surface area (Å²) in [5.41, 5.74) is -0.838. The highest BCUT2D eigenvalue weighted by atomic mass is 35.5. The van der Waals surface area contributed by atoms with Crippen molar-refractivity contribution in [3.63, 3.8) is 0 Å². The maximum absolute atomic E-state index is 12.1. The van der Waals surface area contributed by atoms with E-state index in [-0.39, 0.29) is 15.4 Å². The van der Waals surface area contributed by atoms with Crippen molar-refractivity contribution in [3.05, 3.63) is 21.6 Å². The van der Waals surface area contributed by atoms with Gasteiger partial charge in [-0.05, 0) is 0 Å². The Morgan fingerprint density at radius 2 is 2.22 bits per heavy atom. The van der Waals surface area contributed by atoms with Gasteiger partial charge < -0.3 is 5.32 Å². The number of hydrogen-bond acceptors (Lipinski definition) is 3. The van der Waals surface area contributed by atoms with E-state index in [1.165, 1.54) is 0 Å². The molecule has 0 bridgehead atoms. The summed E-state index contributed by atoms with van der Waals surface area (Å²) in [7, 11) is 0. The smallest absolute Gasteiger partial charge is 0.381 e. The lowest BCUT2D eigenvalue weighted by Gasteiger charge is -2.11. The van der Waals surface area contributed by atoms with Crippen molar-refractivity contribution in [2.24, 2.45) is 0 Å². The minimum Gasteiger partial charge on any atom is -0.381 e. The number of nitrogens with one attached hydrogen (secondary N) is 1. The fourth-order valence-corrected chi connectivity index (χ4v) is 1.35. The average Bonchev–Trinajstić information content (AvgIpc) is 2.27. The van der Waals surface area contributed by atoms with Crippen LogP contribution in [0.5, 0.6) is 0 Å². The molecule has 1 N–H and O–H groups in total. The van der Waals surface area contributed by atoms with Crippen LogP contribution in [-0.4, -0.2) is 22.5 Å². The third kappa shape index (κ3) is 3.96. The summed E-state index contributed by atoms with van der Waals surface area (Å²) in [6.07, 6.45) is 1.95. The lowest BCUT2D eigenvalue weighted by molar-refractivity contribution is -0.143. The van der Waals surface area contributed by atoms with E-state index in [2.05, 4.69) is 16.3 Å². The second kappa shape index (κ2) is 5.78. The first kappa shape index (κ1) is 14.4. The molecule has 1 heterocycles. The van der Waals surface area contributed by atoms with Gasteiger partial charge in [0.15, 0.2) is 0 Å². The van der Waals surface area contributed by atoms with Crippen molar-refractivity contribution in [2.75, 3.05) is 11.9 Å². The number of aromatic nitrogens is 2. The van der Waals surface area contributed by atoms with Crippen LogP contribution in [0, 0.1) is 12.3 Å². The molecule has 18 heavy (non-hydrogen) atoms. The minimum absolute atomic E-state index is 0.162. The highest BCUT2D eigenvalue weighted by Gasteiger charge is 2.29. The Hall–Kier alpha value is -1.68. The monoisotopic (exact) mass is 279 g/mol. The van der Waals surface area contributed by atoms with Gasteiger partial charge in [0.25, 0.3) is 5.56 Å². The van der Waals surface area contributed by atoms with Crippen LogP contribution in [0.2, 0.25) is 5.02 Å². The summed E-state index contributed by atoms with van der Waals surface area (Å²) in [6.45, 7) is -1.13. The second-order valence-corrected chi connectivity index (χ2v) is 3.71. The van der Waals surface area contributed by atoms with Gasteiger partial charge in [0, 0.05) is 13.0 Å². The van der Waals surface area contributed by atoms with Crippen LogP contribution < -0.4 is 10.9 Å². The van der Waals surface area contributed by atoms with Crippen molar-refractivity contribution in [2.45, 2.75) is 19.1 Å². The van der Waals surface area contributed by atoms with E-state index < -0.39 is 18.3 Å². The summed E-state index contributed by atoms with van der Waals surface area (Å²) in [5.74, 6) is 2.36. The summed E-state index contributed by atoms with van der Waals surface area (Å²) in [6, 6.07) is 0. The number of rotatable bonds is 4. The lowest BCUT2D eigenvalue weighted by atomic mass is 10.4. The van der Waals surface area contributed by atoms with Crippen LogP contribution in [0.15, 0.2) is 11.0 Å². The Bertz CT molecular complexity index is 519. The molecule has 98 valence electrons. The van der Waals surface area contributed by atoms with Crippen molar-refractivity contribution in [3.8, 4) is 12.3 Å². The number of alkyl halides is 3. The second-order valence-electron chi connectivity index (χ2n) is 3.33. The van der Waals surface area contributed by atoms with Crippen LogP contribution in [0.3, 0.4) is 0 Å². The van der Waals surface area contributed by atoms with Crippen LogP contribution in [0.4, 0.5) is 18.9 Å².